The van der Waals surface area contributed by atoms with Crippen LogP contribution in [0.15, 0.2) is 83.9 Å². The molecule has 0 bridgehead atoms. The minimum Gasteiger partial charge on any atom is -0.284 e. The van der Waals surface area contributed by atoms with E-state index < -0.39 is 0 Å². The van der Waals surface area contributed by atoms with Crippen molar-refractivity contribution in [3.05, 3.63) is 95.1 Å². The van der Waals surface area contributed by atoms with Crippen LogP contribution in [0.1, 0.15) is 17.3 Å². The van der Waals surface area contributed by atoms with Crippen LogP contribution in [0.5, 0.6) is 0 Å². The van der Waals surface area contributed by atoms with Crippen LogP contribution in [-0.4, -0.2) is 20.0 Å². The molecule has 0 aliphatic carbocycles. The number of hydrogen-bond acceptors (Lipinski definition) is 3. The van der Waals surface area contributed by atoms with Crippen molar-refractivity contribution < 1.29 is 4.79 Å². The number of benzene rings is 2. The first kappa shape index (κ1) is 18.1. The lowest BCUT2D eigenvalue weighted by Crippen LogP contribution is -2.18. The quantitative estimate of drug-likeness (QED) is 0.313. The second kappa shape index (κ2) is 6.81. The van der Waals surface area contributed by atoms with Gasteiger partial charge in [-0.25, -0.2) is 0 Å². The van der Waals surface area contributed by atoms with Gasteiger partial charge in [-0.2, -0.15) is 0 Å². The third-order valence-electron chi connectivity index (χ3n) is 5.35. The first-order valence-electron chi connectivity index (χ1n) is 9.76. The molecule has 0 fully saturated rings. The zero-order valence-corrected chi connectivity index (χ0v) is 16.7. The van der Waals surface area contributed by atoms with Gasteiger partial charge in [0.25, 0.3) is 11.5 Å². The number of fused-ring (bicyclic) bond motifs is 4. The zero-order valence-electron chi connectivity index (χ0n) is 16.7. The molecule has 0 saturated carbocycles. The molecule has 2 aromatic carbocycles. The SMILES string of the molecule is C/C=C\C(=O)n1ccc2ccc(-n3c(=O)ccc4cnc5ccc(C)cc5c43)cc21. The zero-order chi connectivity index (χ0) is 20.8. The molecule has 5 rings (SSSR count). The monoisotopic (exact) mass is 393 g/mol. The van der Waals surface area contributed by atoms with Crippen LogP contribution in [0.3, 0.4) is 0 Å². The maximum absolute atomic E-state index is 13.0. The molecule has 0 aliphatic rings. The highest BCUT2D eigenvalue weighted by atomic mass is 16.2. The smallest absolute Gasteiger partial charge is 0.255 e. The Balaban J connectivity index is 1.87. The average molecular weight is 393 g/mol. The fourth-order valence-electron chi connectivity index (χ4n) is 3.95. The Morgan fingerprint density at radius 2 is 1.83 bits per heavy atom. The lowest BCUT2D eigenvalue weighted by atomic mass is 10.1. The molecule has 5 heteroatoms. The van der Waals surface area contributed by atoms with E-state index in [4.69, 9.17) is 0 Å². The highest BCUT2D eigenvalue weighted by molar-refractivity contribution is 6.04. The Bertz CT molecular complexity index is 1550. The number of aromatic nitrogens is 3. The summed E-state index contributed by atoms with van der Waals surface area (Å²) in [7, 11) is 0. The summed E-state index contributed by atoms with van der Waals surface area (Å²) >= 11 is 0. The Hall–Kier alpha value is -3.99. The lowest BCUT2D eigenvalue weighted by Gasteiger charge is -2.13. The van der Waals surface area contributed by atoms with Crippen LogP contribution in [-0.2, 0) is 0 Å². The number of pyridine rings is 2. The van der Waals surface area contributed by atoms with E-state index in [-0.39, 0.29) is 11.5 Å². The minimum absolute atomic E-state index is 0.125. The Morgan fingerprint density at radius 3 is 2.67 bits per heavy atom. The average Bonchev–Trinajstić information content (AvgIpc) is 3.17. The molecule has 5 aromatic rings. The van der Waals surface area contributed by atoms with Gasteiger partial charge in [0.15, 0.2) is 0 Å². The normalized spacial score (nSPS) is 11.8. The van der Waals surface area contributed by atoms with E-state index in [9.17, 15) is 9.59 Å². The van der Waals surface area contributed by atoms with Gasteiger partial charge in [-0.15, -0.1) is 0 Å². The van der Waals surface area contributed by atoms with Gasteiger partial charge in [0.05, 0.1) is 22.2 Å². The van der Waals surface area contributed by atoms with Crippen molar-refractivity contribution in [3.63, 3.8) is 0 Å². The largest absolute Gasteiger partial charge is 0.284 e. The van der Waals surface area contributed by atoms with Gasteiger partial charge in [0.2, 0.25) is 0 Å². The van der Waals surface area contributed by atoms with E-state index in [2.05, 4.69) is 11.1 Å². The van der Waals surface area contributed by atoms with Crippen LogP contribution >= 0.6 is 0 Å². The van der Waals surface area contributed by atoms with Gasteiger partial charge >= 0.3 is 0 Å². The van der Waals surface area contributed by atoms with Crippen molar-refractivity contribution in [3.8, 4) is 5.69 Å². The van der Waals surface area contributed by atoms with Gasteiger partial charge in [0.1, 0.15) is 0 Å². The Kier molecular flexibility index (Phi) is 4.10. The highest BCUT2D eigenvalue weighted by Crippen LogP contribution is 2.27. The van der Waals surface area contributed by atoms with E-state index in [1.807, 2.05) is 50.2 Å². The molecule has 0 amide bonds. The maximum atomic E-state index is 13.0. The summed E-state index contributed by atoms with van der Waals surface area (Å²) in [6.07, 6.45) is 6.79. The molecule has 5 nitrogen and oxygen atoms in total. The Morgan fingerprint density at radius 1 is 1.00 bits per heavy atom. The minimum atomic E-state index is -0.131. The fraction of sp³-hybridized carbons (Fsp3) is 0.0800. The predicted molar refractivity (Wildman–Crippen MR) is 121 cm³/mol. The van der Waals surface area contributed by atoms with Crippen LogP contribution in [0, 0.1) is 6.92 Å². The third kappa shape index (κ3) is 2.75. The second-order valence-corrected chi connectivity index (χ2v) is 7.36. The van der Waals surface area contributed by atoms with Gasteiger partial charge < -0.3 is 0 Å². The van der Waals surface area contributed by atoms with E-state index in [0.717, 1.165) is 38.3 Å². The Labute approximate surface area is 172 Å². The molecule has 0 N–H and O–H groups in total. The molecule has 0 unspecified atom stereocenters. The van der Waals surface area contributed by atoms with Crippen LogP contribution in [0.2, 0.25) is 0 Å². The van der Waals surface area contributed by atoms with Crippen molar-refractivity contribution in [2.75, 3.05) is 0 Å². The first-order chi connectivity index (χ1) is 14.6. The standard InChI is InChI=1S/C25H19N3O2/c1-3-4-23(29)27-12-11-17-6-8-19(14-22(17)27)28-24(30)10-7-18-15-26-21-9-5-16(2)13-20(21)25(18)28/h3-15H,1-2H3/b4-3-. The van der Waals surface area contributed by atoms with Crippen molar-refractivity contribution in [1.29, 1.82) is 0 Å². The lowest BCUT2D eigenvalue weighted by molar-refractivity contribution is 0.0974. The van der Waals surface area contributed by atoms with Crippen LogP contribution in [0.4, 0.5) is 0 Å². The maximum Gasteiger partial charge on any atom is 0.255 e. The molecular formula is C25H19N3O2. The fourth-order valence-corrected chi connectivity index (χ4v) is 3.95. The summed E-state index contributed by atoms with van der Waals surface area (Å²) in [4.78, 5) is 30.0. The molecular weight excluding hydrogens is 374 g/mol. The van der Waals surface area contributed by atoms with E-state index >= 15 is 0 Å². The van der Waals surface area contributed by atoms with E-state index in [0.29, 0.717) is 5.69 Å². The summed E-state index contributed by atoms with van der Waals surface area (Å²) in [6, 6.07) is 17.0. The van der Waals surface area contributed by atoms with Crippen molar-refractivity contribution >= 4 is 38.6 Å². The summed E-state index contributed by atoms with van der Waals surface area (Å²) in [5.74, 6) is -0.125. The number of carbonyl (C=O) groups excluding carboxylic acids is 1. The number of rotatable bonds is 2. The van der Waals surface area contributed by atoms with Crippen LogP contribution in [0.25, 0.3) is 38.4 Å². The molecule has 0 radical (unpaired) electrons. The van der Waals surface area contributed by atoms with Crippen molar-refractivity contribution in [1.82, 2.24) is 14.1 Å². The third-order valence-corrected chi connectivity index (χ3v) is 5.35. The summed E-state index contributed by atoms with van der Waals surface area (Å²) in [6.45, 7) is 3.83. The molecule has 0 saturated heterocycles. The summed E-state index contributed by atoms with van der Waals surface area (Å²) < 4.78 is 3.30. The molecule has 3 aromatic heterocycles. The van der Waals surface area contributed by atoms with Crippen LogP contribution < -0.4 is 5.56 Å². The van der Waals surface area contributed by atoms with Crippen molar-refractivity contribution in [2.45, 2.75) is 13.8 Å². The van der Waals surface area contributed by atoms with Gasteiger partial charge in [0, 0.05) is 34.6 Å². The molecule has 146 valence electrons. The highest BCUT2D eigenvalue weighted by Gasteiger charge is 2.13. The molecule has 0 aliphatic heterocycles. The number of hydrogen-bond donors (Lipinski definition) is 0. The van der Waals surface area contributed by atoms with E-state index in [1.165, 1.54) is 6.08 Å². The van der Waals surface area contributed by atoms with E-state index in [1.54, 1.807) is 39.7 Å². The second-order valence-electron chi connectivity index (χ2n) is 7.36. The predicted octanol–water partition coefficient (Wildman–Crippen LogP) is 5.02. The molecule has 0 spiro atoms. The number of nitrogens with zero attached hydrogens (tertiary/aromatic N) is 3. The molecule has 0 atom stereocenters. The van der Waals surface area contributed by atoms with Crippen molar-refractivity contribution in [2.24, 2.45) is 0 Å². The molecule has 30 heavy (non-hydrogen) atoms. The van der Waals surface area contributed by atoms with Gasteiger partial charge in [-0.3, -0.25) is 23.7 Å². The first-order valence-corrected chi connectivity index (χ1v) is 9.76. The number of allylic oxidation sites excluding steroid dienone is 2. The summed E-state index contributed by atoms with van der Waals surface area (Å²) in [5, 5.41) is 2.74. The topological polar surface area (TPSA) is 56.9 Å². The van der Waals surface area contributed by atoms with Gasteiger partial charge in [-0.05, 0) is 56.3 Å². The molecule has 3 heterocycles. The number of carbonyl (C=O) groups is 1. The van der Waals surface area contributed by atoms with Gasteiger partial charge in [-0.1, -0.05) is 23.8 Å². The summed E-state index contributed by atoms with van der Waals surface area (Å²) in [5.41, 5.74) is 4.08. The number of aryl methyl sites for hydroxylation is 1.